The molecule has 3 atom stereocenters. The number of carbonyl (C=O) groups is 2. The summed E-state index contributed by atoms with van der Waals surface area (Å²) >= 11 is 13.0. The maximum atomic E-state index is 13.9. The van der Waals surface area contributed by atoms with Crippen LogP contribution in [0.2, 0.25) is 10.0 Å². The van der Waals surface area contributed by atoms with Crippen molar-refractivity contribution in [3.63, 3.8) is 0 Å². The molecule has 31 heavy (non-hydrogen) atoms. The number of hydrogen-bond donors (Lipinski definition) is 2. The van der Waals surface area contributed by atoms with Crippen LogP contribution in [0.3, 0.4) is 0 Å². The van der Waals surface area contributed by atoms with Gasteiger partial charge in [-0.3, -0.25) is 9.59 Å². The summed E-state index contributed by atoms with van der Waals surface area (Å²) in [5.41, 5.74) is 6.98. The molecule has 2 aromatic carbocycles. The number of likely N-dealkylation sites (N-methyl/N-ethyl adjacent to an activating group) is 1. The summed E-state index contributed by atoms with van der Waals surface area (Å²) < 4.78 is 0. The van der Waals surface area contributed by atoms with Gasteiger partial charge in [0.2, 0.25) is 0 Å². The van der Waals surface area contributed by atoms with Crippen LogP contribution >= 0.6 is 23.2 Å². The molecule has 4 nitrogen and oxygen atoms in total. The third-order valence-electron chi connectivity index (χ3n) is 7.14. The van der Waals surface area contributed by atoms with Crippen LogP contribution in [0.5, 0.6) is 0 Å². The summed E-state index contributed by atoms with van der Waals surface area (Å²) in [6.07, 6.45) is 5.08. The first kappa shape index (κ1) is 22.5. The molecule has 0 bridgehead atoms. The van der Waals surface area contributed by atoms with Gasteiger partial charge in [0.15, 0.2) is 11.6 Å². The Kier molecular flexibility index (Phi) is 6.28. The number of carbonyl (C=O) groups excluding carboxylic acids is 2. The van der Waals surface area contributed by atoms with E-state index in [1.165, 1.54) is 0 Å². The second kappa shape index (κ2) is 8.67. The Bertz CT molecular complexity index is 1020. The Morgan fingerprint density at radius 3 is 2.42 bits per heavy atom. The molecule has 164 valence electrons. The van der Waals surface area contributed by atoms with Crippen molar-refractivity contribution in [2.75, 3.05) is 7.05 Å². The van der Waals surface area contributed by atoms with Gasteiger partial charge in [0.25, 0.3) is 0 Å². The Morgan fingerprint density at radius 2 is 1.71 bits per heavy atom. The second-order valence-electron chi connectivity index (χ2n) is 8.79. The number of nitrogens with two attached hydrogens (primary N) is 1. The average Bonchev–Trinajstić information content (AvgIpc) is 2.77. The zero-order valence-corrected chi connectivity index (χ0v) is 19.2. The Morgan fingerprint density at radius 1 is 0.968 bits per heavy atom. The molecule has 2 aliphatic carbocycles. The third kappa shape index (κ3) is 3.74. The fourth-order valence-corrected chi connectivity index (χ4v) is 5.92. The summed E-state index contributed by atoms with van der Waals surface area (Å²) in [6, 6.07) is 13.1. The summed E-state index contributed by atoms with van der Waals surface area (Å²) in [5, 5.41) is 4.35. The molecular weight excluding hydrogens is 431 g/mol. The Balaban J connectivity index is 1.76. The summed E-state index contributed by atoms with van der Waals surface area (Å²) in [4.78, 5) is 26.6. The first-order valence-electron chi connectivity index (χ1n) is 10.9. The molecule has 2 fully saturated rings. The van der Waals surface area contributed by atoms with Crippen LogP contribution in [0.1, 0.15) is 67.6 Å². The standard InChI is InChI=1S/C25H28Cl2N2O2/c1-29-25(18-8-2-3-9-20(18)26)14-6-7-17(23(25)31)16-11-12-21(27)19(15-16)24(28)13-5-4-10-22(24)30/h2-3,8-9,11-12,15,17,29H,4-7,10,13-14,28H2,1H3. The van der Waals surface area contributed by atoms with Crippen molar-refractivity contribution >= 4 is 34.8 Å². The minimum atomic E-state index is -1.08. The molecule has 0 aliphatic heterocycles. The van der Waals surface area contributed by atoms with Gasteiger partial charge < -0.3 is 11.1 Å². The van der Waals surface area contributed by atoms with Crippen molar-refractivity contribution in [3.05, 3.63) is 69.2 Å². The molecular formula is C25H28Cl2N2O2. The highest BCUT2D eigenvalue weighted by atomic mass is 35.5. The zero-order chi connectivity index (χ0) is 22.2. The maximum Gasteiger partial charge on any atom is 0.164 e. The van der Waals surface area contributed by atoms with Gasteiger partial charge in [-0.15, -0.1) is 0 Å². The van der Waals surface area contributed by atoms with Gasteiger partial charge in [-0.1, -0.05) is 60.0 Å². The highest BCUT2D eigenvalue weighted by Gasteiger charge is 2.47. The van der Waals surface area contributed by atoms with Crippen LogP contribution < -0.4 is 11.1 Å². The van der Waals surface area contributed by atoms with Gasteiger partial charge in [0.05, 0.1) is 0 Å². The lowest BCUT2D eigenvalue weighted by molar-refractivity contribution is -0.129. The number of nitrogens with one attached hydrogen (secondary N) is 1. The fraction of sp³-hybridized carbons (Fsp3) is 0.440. The molecule has 0 saturated heterocycles. The van der Waals surface area contributed by atoms with Crippen LogP contribution in [0, 0.1) is 0 Å². The normalized spacial score (nSPS) is 29.2. The van der Waals surface area contributed by atoms with Crippen molar-refractivity contribution < 1.29 is 9.59 Å². The highest BCUT2D eigenvalue weighted by Crippen LogP contribution is 2.45. The largest absolute Gasteiger partial charge is 0.315 e. The van der Waals surface area contributed by atoms with Crippen LogP contribution in [0.15, 0.2) is 42.5 Å². The van der Waals surface area contributed by atoms with Gasteiger partial charge in [-0.25, -0.2) is 0 Å². The summed E-state index contributed by atoms with van der Waals surface area (Å²) in [7, 11) is 1.81. The lowest BCUT2D eigenvalue weighted by atomic mass is 9.68. The van der Waals surface area contributed by atoms with E-state index >= 15 is 0 Å². The lowest BCUT2D eigenvalue weighted by Crippen LogP contribution is -2.52. The monoisotopic (exact) mass is 458 g/mol. The Hall–Kier alpha value is -1.72. The van der Waals surface area contributed by atoms with E-state index in [1.54, 1.807) is 6.07 Å². The fourth-order valence-electron chi connectivity index (χ4n) is 5.34. The number of benzene rings is 2. The first-order valence-corrected chi connectivity index (χ1v) is 11.7. The number of halogens is 2. The van der Waals surface area contributed by atoms with E-state index in [0.29, 0.717) is 34.9 Å². The molecule has 0 radical (unpaired) electrons. The maximum absolute atomic E-state index is 13.9. The second-order valence-corrected chi connectivity index (χ2v) is 9.60. The topological polar surface area (TPSA) is 72.2 Å². The zero-order valence-electron chi connectivity index (χ0n) is 17.7. The smallest absolute Gasteiger partial charge is 0.164 e. The Labute approximate surface area is 193 Å². The van der Waals surface area contributed by atoms with Crippen molar-refractivity contribution in [1.82, 2.24) is 5.32 Å². The molecule has 3 unspecified atom stereocenters. The van der Waals surface area contributed by atoms with E-state index in [1.807, 2.05) is 43.4 Å². The van der Waals surface area contributed by atoms with Crippen LogP contribution in [0.25, 0.3) is 0 Å². The van der Waals surface area contributed by atoms with Gasteiger partial charge in [0, 0.05) is 22.4 Å². The van der Waals surface area contributed by atoms with E-state index in [-0.39, 0.29) is 17.5 Å². The van der Waals surface area contributed by atoms with Crippen molar-refractivity contribution in [1.29, 1.82) is 0 Å². The average molecular weight is 459 g/mol. The van der Waals surface area contributed by atoms with Crippen molar-refractivity contribution in [2.24, 2.45) is 5.73 Å². The molecule has 3 N–H and O–H groups in total. The van der Waals surface area contributed by atoms with E-state index < -0.39 is 11.1 Å². The van der Waals surface area contributed by atoms with Crippen molar-refractivity contribution in [3.8, 4) is 0 Å². The van der Waals surface area contributed by atoms with Gasteiger partial charge in [-0.2, -0.15) is 0 Å². The van der Waals surface area contributed by atoms with Crippen LogP contribution in [-0.4, -0.2) is 18.6 Å². The predicted molar refractivity (Wildman–Crippen MR) is 125 cm³/mol. The molecule has 0 aromatic heterocycles. The third-order valence-corrected chi connectivity index (χ3v) is 7.80. The van der Waals surface area contributed by atoms with E-state index in [0.717, 1.165) is 36.8 Å². The molecule has 0 amide bonds. The SMILES string of the molecule is CNC1(c2ccccc2Cl)CCCC(c2ccc(Cl)c(C3(N)CCCCC3=O)c2)C1=O. The molecule has 2 saturated carbocycles. The summed E-state index contributed by atoms with van der Waals surface area (Å²) in [6.45, 7) is 0. The molecule has 2 aliphatic rings. The first-order chi connectivity index (χ1) is 14.8. The van der Waals surface area contributed by atoms with Crippen LogP contribution in [0.4, 0.5) is 0 Å². The lowest BCUT2D eigenvalue weighted by Gasteiger charge is -2.41. The van der Waals surface area contributed by atoms with Gasteiger partial charge in [-0.05, 0) is 68.0 Å². The minimum absolute atomic E-state index is 0.0217. The minimum Gasteiger partial charge on any atom is -0.315 e. The van der Waals surface area contributed by atoms with Crippen LogP contribution in [-0.2, 0) is 20.7 Å². The van der Waals surface area contributed by atoms with E-state index in [2.05, 4.69) is 5.32 Å². The molecule has 4 rings (SSSR count). The van der Waals surface area contributed by atoms with Crippen molar-refractivity contribution in [2.45, 2.75) is 61.9 Å². The number of ketones is 2. The number of hydrogen-bond acceptors (Lipinski definition) is 4. The summed E-state index contributed by atoms with van der Waals surface area (Å²) in [5.74, 6) is -0.215. The molecule has 2 aromatic rings. The van der Waals surface area contributed by atoms with E-state index in [9.17, 15) is 9.59 Å². The molecule has 0 spiro atoms. The molecule has 6 heteroatoms. The van der Waals surface area contributed by atoms with Gasteiger partial charge in [0.1, 0.15) is 11.1 Å². The highest BCUT2D eigenvalue weighted by molar-refractivity contribution is 6.32. The number of Topliss-reactive ketones (excluding diaryl/α,β-unsaturated/α-hetero) is 2. The predicted octanol–water partition coefficient (Wildman–Crippen LogP) is 5.24. The number of rotatable bonds is 4. The van der Waals surface area contributed by atoms with E-state index in [4.69, 9.17) is 28.9 Å². The quantitative estimate of drug-likeness (QED) is 0.656. The van der Waals surface area contributed by atoms with Gasteiger partial charge >= 0.3 is 0 Å². The molecule has 0 heterocycles.